The number of nitrogens with zero attached hydrogens (tertiary/aromatic N) is 4. The third-order valence-corrected chi connectivity index (χ3v) is 3.69. The molecule has 0 aliphatic carbocycles. The summed E-state index contributed by atoms with van der Waals surface area (Å²) in [7, 11) is 0. The Bertz CT molecular complexity index is 747. The smallest absolute Gasteiger partial charge is 0.242 e. The summed E-state index contributed by atoms with van der Waals surface area (Å²) in [5.74, 6) is -0.0270. The standard InChI is InChI=1S/C16H19N5O/c1-2-14(10-20-8-7-17-12-20)19-16(22)11-21-15-6-4-3-5-13(15)9-18-21/h3-9,12,14H,2,10-11H2,1H3,(H,19,22)/t14-/m1/s1. The molecule has 0 aliphatic heterocycles. The van der Waals surface area contributed by atoms with Crippen LogP contribution in [0.2, 0.25) is 0 Å². The molecule has 3 aromatic rings. The molecule has 22 heavy (non-hydrogen) atoms. The van der Waals surface area contributed by atoms with Gasteiger partial charge in [0.05, 0.1) is 18.0 Å². The van der Waals surface area contributed by atoms with Crippen molar-refractivity contribution in [2.45, 2.75) is 32.5 Å². The number of para-hydroxylation sites is 1. The maximum Gasteiger partial charge on any atom is 0.242 e. The summed E-state index contributed by atoms with van der Waals surface area (Å²) < 4.78 is 3.70. The molecule has 1 N–H and O–H groups in total. The SMILES string of the molecule is CC[C@H](Cn1ccnc1)NC(=O)Cn1ncc2ccccc21. The highest BCUT2D eigenvalue weighted by molar-refractivity contribution is 5.82. The molecule has 1 amide bonds. The molecule has 0 aliphatic rings. The highest BCUT2D eigenvalue weighted by Crippen LogP contribution is 2.12. The van der Waals surface area contributed by atoms with E-state index in [9.17, 15) is 4.79 Å². The second kappa shape index (κ2) is 6.43. The van der Waals surface area contributed by atoms with Gasteiger partial charge in [0.25, 0.3) is 0 Å². The lowest BCUT2D eigenvalue weighted by molar-refractivity contribution is -0.122. The van der Waals surface area contributed by atoms with Crippen LogP contribution in [0.5, 0.6) is 0 Å². The predicted molar refractivity (Wildman–Crippen MR) is 84.2 cm³/mol. The van der Waals surface area contributed by atoms with Crippen LogP contribution in [0.4, 0.5) is 0 Å². The highest BCUT2D eigenvalue weighted by atomic mass is 16.2. The number of hydrogen-bond donors (Lipinski definition) is 1. The van der Waals surface area contributed by atoms with Gasteiger partial charge >= 0.3 is 0 Å². The van der Waals surface area contributed by atoms with E-state index in [1.54, 1.807) is 23.4 Å². The zero-order chi connectivity index (χ0) is 15.4. The Kier molecular flexibility index (Phi) is 4.18. The summed E-state index contributed by atoms with van der Waals surface area (Å²) >= 11 is 0. The van der Waals surface area contributed by atoms with Gasteiger partial charge in [-0.2, -0.15) is 5.10 Å². The number of benzene rings is 1. The topological polar surface area (TPSA) is 64.7 Å². The van der Waals surface area contributed by atoms with E-state index in [4.69, 9.17) is 0 Å². The van der Waals surface area contributed by atoms with Crippen LogP contribution in [-0.4, -0.2) is 31.3 Å². The first-order valence-electron chi connectivity index (χ1n) is 7.42. The Balaban J connectivity index is 1.64. The van der Waals surface area contributed by atoms with E-state index in [1.165, 1.54) is 0 Å². The lowest BCUT2D eigenvalue weighted by Crippen LogP contribution is -2.39. The van der Waals surface area contributed by atoms with E-state index in [0.717, 1.165) is 23.9 Å². The number of fused-ring (bicyclic) bond motifs is 1. The number of carbonyl (C=O) groups is 1. The van der Waals surface area contributed by atoms with Crippen molar-refractivity contribution in [2.75, 3.05) is 0 Å². The number of imidazole rings is 1. The Hall–Kier alpha value is -2.63. The van der Waals surface area contributed by atoms with Crippen LogP contribution in [0.15, 0.2) is 49.2 Å². The Morgan fingerprint density at radius 1 is 1.36 bits per heavy atom. The van der Waals surface area contributed by atoms with Gasteiger partial charge in [-0.1, -0.05) is 25.1 Å². The minimum Gasteiger partial charge on any atom is -0.350 e. The summed E-state index contributed by atoms with van der Waals surface area (Å²) in [6.07, 6.45) is 8.05. The van der Waals surface area contributed by atoms with Crippen LogP contribution in [0.3, 0.4) is 0 Å². The molecule has 0 spiro atoms. The fourth-order valence-corrected chi connectivity index (χ4v) is 2.49. The Labute approximate surface area is 128 Å². The molecule has 0 saturated heterocycles. The van der Waals surface area contributed by atoms with Gasteiger partial charge in [0.1, 0.15) is 6.54 Å². The quantitative estimate of drug-likeness (QED) is 0.755. The van der Waals surface area contributed by atoms with Crippen molar-refractivity contribution in [3.05, 3.63) is 49.2 Å². The molecule has 0 bridgehead atoms. The molecule has 1 atom stereocenters. The number of nitrogens with one attached hydrogen (secondary N) is 1. The van der Waals surface area contributed by atoms with Crippen LogP contribution in [0.25, 0.3) is 10.9 Å². The first-order chi connectivity index (χ1) is 10.8. The molecule has 6 nitrogen and oxygen atoms in total. The molecule has 114 valence electrons. The summed E-state index contributed by atoms with van der Waals surface area (Å²) in [6, 6.07) is 7.96. The van der Waals surface area contributed by atoms with Crippen LogP contribution in [0, 0.1) is 0 Å². The van der Waals surface area contributed by atoms with Crippen LogP contribution < -0.4 is 5.32 Å². The molecular formula is C16H19N5O. The largest absolute Gasteiger partial charge is 0.350 e. The number of carbonyl (C=O) groups excluding carboxylic acids is 1. The monoisotopic (exact) mass is 297 g/mol. The van der Waals surface area contributed by atoms with Crippen molar-refractivity contribution >= 4 is 16.8 Å². The molecule has 0 saturated carbocycles. The van der Waals surface area contributed by atoms with Crippen LogP contribution in [-0.2, 0) is 17.9 Å². The number of hydrogen-bond acceptors (Lipinski definition) is 3. The maximum absolute atomic E-state index is 12.3. The van der Waals surface area contributed by atoms with Crippen molar-refractivity contribution in [3.8, 4) is 0 Å². The van der Waals surface area contributed by atoms with Crippen molar-refractivity contribution in [3.63, 3.8) is 0 Å². The third kappa shape index (κ3) is 3.16. The van der Waals surface area contributed by atoms with E-state index in [1.807, 2.05) is 35.0 Å². The molecule has 6 heteroatoms. The zero-order valence-electron chi connectivity index (χ0n) is 12.5. The van der Waals surface area contributed by atoms with Gasteiger partial charge in [0, 0.05) is 30.4 Å². The van der Waals surface area contributed by atoms with E-state index in [0.29, 0.717) is 0 Å². The Morgan fingerprint density at radius 3 is 3.00 bits per heavy atom. The van der Waals surface area contributed by atoms with Crippen molar-refractivity contribution in [1.82, 2.24) is 24.6 Å². The predicted octanol–water partition coefficient (Wildman–Crippen LogP) is 1.83. The first kappa shape index (κ1) is 14.3. The average Bonchev–Trinajstić information content (AvgIpc) is 3.17. The minimum absolute atomic E-state index is 0.0270. The van der Waals surface area contributed by atoms with Crippen LogP contribution >= 0.6 is 0 Å². The van der Waals surface area contributed by atoms with Crippen LogP contribution in [0.1, 0.15) is 13.3 Å². The summed E-state index contributed by atoms with van der Waals surface area (Å²) in [6.45, 7) is 3.02. The van der Waals surface area contributed by atoms with Crippen molar-refractivity contribution in [2.24, 2.45) is 0 Å². The molecule has 0 radical (unpaired) electrons. The van der Waals surface area contributed by atoms with E-state index < -0.39 is 0 Å². The lowest BCUT2D eigenvalue weighted by Gasteiger charge is -2.17. The van der Waals surface area contributed by atoms with Crippen molar-refractivity contribution in [1.29, 1.82) is 0 Å². The number of rotatable bonds is 6. The number of aromatic nitrogens is 4. The zero-order valence-corrected chi connectivity index (χ0v) is 12.5. The lowest BCUT2D eigenvalue weighted by atomic mass is 10.2. The van der Waals surface area contributed by atoms with E-state index in [2.05, 4.69) is 22.3 Å². The molecule has 0 unspecified atom stereocenters. The first-order valence-corrected chi connectivity index (χ1v) is 7.42. The van der Waals surface area contributed by atoms with Gasteiger partial charge < -0.3 is 9.88 Å². The Morgan fingerprint density at radius 2 is 2.23 bits per heavy atom. The van der Waals surface area contributed by atoms with Gasteiger partial charge in [-0.3, -0.25) is 9.48 Å². The molecule has 2 aromatic heterocycles. The van der Waals surface area contributed by atoms with Gasteiger partial charge in [0.15, 0.2) is 0 Å². The second-order valence-corrected chi connectivity index (χ2v) is 5.29. The number of amides is 1. The fourth-order valence-electron chi connectivity index (χ4n) is 2.49. The fraction of sp³-hybridized carbons (Fsp3) is 0.312. The van der Waals surface area contributed by atoms with E-state index >= 15 is 0 Å². The molecule has 2 heterocycles. The summed E-state index contributed by atoms with van der Waals surface area (Å²) in [5, 5.41) is 8.39. The van der Waals surface area contributed by atoms with Gasteiger partial charge in [-0.25, -0.2) is 4.98 Å². The van der Waals surface area contributed by atoms with E-state index in [-0.39, 0.29) is 18.5 Å². The third-order valence-electron chi connectivity index (χ3n) is 3.69. The minimum atomic E-state index is -0.0270. The normalized spacial score (nSPS) is 12.4. The molecule has 1 aromatic carbocycles. The highest BCUT2D eigenvalue weighted by Gasteiger charge is 2.13. The summed E-state index contributed by atoms with van der Waals surface area (Å²) in [5.41, 5.74) is 0.973. The molecular weight excluding hydrogens is 278 g/mol. The molecule has 0 fully saturated rings. The van der Waals surface area contributed by atoms with Gasteiger partial charge in [0.2, 0.25) is 5.91 Å². The van der Waals surface area contributed by atoms with Gasteiger partial charge in [-0.15, -0.1) is 0 Å². The summed E-state index contributed by atoms with van der Waals surface area (Å²) in [4.78, 5) is 16.3. The van der Waals surface area contributed by atoms with Crippen molar-refractivity contribution < 1.29 is 4.79 Å². The second-order valence-electron chi connectivity index (χ2n) is 5.29. The maximum atomic E-state index is 12.3. The average molecular weight is 297 g/mol. The molecule has 3 rings (SSSR count). The van der Waals surface area contributed by atoms with Gasteiger partial charge in [-0.05, 0) is 12.5 Å².